The zero-order valence-corrected chi connectivity index (χ0v) is 12.9. The first-order valence-corrected chi connectivity index (χ1v) is 7.57. The summed E-state index contributed by atoms with van der Waals surface area (Å²) >= 11 is 9.27. The lowest BCUT2D eigenvalue weighted by molar-refractivity contribution is 0.227. The van der Waals surface area contributed by atoms with E-state index in [0.717, 1.165) is 16.5 Å². The Bertz CT molecular complexity index is 403. The normalized spacial score (nSPS) is 20.3. The van der Waals surface area contributed by atoms with Crippen molar-refractivity contribution in [1.29, 1.82) is 0 Å². The molecule has 0 spiro atoms. The number of pyridine rings is 1. The lowest BCUT2D eigenvalue weighted by Gasteiger charge is -2.19. The van der Waals surface area contributed by atoms with E-state index >= 15 is 0 Å². The second-order valence-corrected chi connectivity index (χ2v) is 5.85. The van der Waals surface area contributed by atoms with Gasteiger partial charge in [-0.05, 0) is 54.9 Å². The SMILES string of the molecule is CN1CCCC1CCOc1ncc(Br)cc1CCl. The predicted octanol–water partition coefficient (Wildman–Crippen LogP) is 3.45. The third kappa shape index (κ3) is 3.59. The number of nitrogens with zero attached hydrogens (tertiary/aromatic N) is 2. The number of likely N-dealkylation sites (tertiary alicyclic amines) is 1. The number of halogens is 2. The van der Waals surface area contributed by atoms with Gasteiger partial charge in [0.15, 0.2) is 0 Å². The van der Waals surface area contributed by atoms with E-state index in [1.807, 2.05) is 6.07 Å². The van der Waals surface area contributed by atoms with Crippen molar-refractivity contribution < 1.29 is 4.74 Å². The van der Waals surface area contributed by atoms with Crippen LogP contribution in [0.5, 0.6) is 5.88 Å². The van der Waals surface area contributed by atoms with Gasteiger partial charge in [-0.15, -0.1) is 11.6 Å². The second kappa shape index (κ2) is 6.73. The molecule has 0 amide bonds. The molecule has 5 heteroatoms. The summed E-state index contributed by atoms with van der Waals surface area (Å²) in [5.41, 5.74) is 0.936. The molecule has 1 atom stereocenters. The van der Waals surface area contributed by atoms with Crippen LogP contribution in [0.25, 0.3) is 0 Å². The van der Waals surface area contributed by atoms with Gasteiger partial charge >= 0.3 is 0 Å². The fourth-order valence-electron chi connectivity index (χ4n) is 2.33. The van der Waals surface area contributed by atoms with Gasteiger partial charge in [-0.3, -0.25) is 0 Å². The number of alkyl halides is 1. The highest BCUT2D eigenvalue weighted by molar-refractivity contribution is 9.10. The minimum atomic E-state index is 0.422. The quantitative estimate of drug-likeness (QED) is 0.772. The van der Waals surface area contributed by atoms with E-state index in [1.165, 1.54) is 19.4 Å². The Labute approximate surface area is 122 Å². The number of aromatic nitrogens is 1. The highest BCUT2D eigenvalue weighted by atomic mass is 79.9. The molecule has 3 nitrogen and oxygen atoms in total. The van der Waals surface area contributed by atoms with Crippen LogP contribution in [0.15, 0.2) is 16.7 Å². The highest BCUT2D eigenvalue weighted by Gasteiger charge is 2.20. The van der Waals surface area contributed by atoms with Gasteiger partial charge in [0.1, 0.15) is 0 Å². The molecule has 1 aromatic rings. The van der Waals surface area contributed by atoms with E-state index < -0.39 is 0 Å². The zero-order chi connectivity index (χ0) is 13.0. The lowest BCUT2D eigenvalue weighted by atomic mass is 10.1. The average Bonchev–Trinajstić information content (AvgIpc) is 2.77. The highest BCUT2D eigenvalue weighted by Crippen LogP contribution is 2.23. The summed E-state index contributed by atoms with van der Waals surface area (Å²) in [5.74, 6) is 1.08. The Kier molecular flexibility index (Phi) is 5.27. The van der Waals surface area contributed by atoms with Crippen LogP contribution in [0.1, 0.15) is 24.8 Å². The molecule has 1 unspecified atom stereocenters. The molecule has 100 valence electrons. The molecular weight excluding hydrogens is 316 g/mol. The molecule has 18 heavy (non-hydrogen) atoms. The topological polar surface area (TPSA) is 25.4 Å². The van der Waals surface area contributed by atoms with Crippen molar-refractivity contribution in [3.63, 3.8) is 0 Å². The average molecular weight is 334 g/mol. The van der Waals surface area contributed by atoms with Crippen LogP contribution in [0.4, 0.5) is 0 Å². The maximum absolute atomic E-state index is 5.88. The van der Waals surface area contributed by atoms with E-state index in [2.05, 4.69) is 32.9 Å². The van der Waals surface area contributed by atoms with Crippen molar-refractivity contribution in [2.45, 2.75) is 31.2 Å². The van der Waals surface area contributed by atoms with Gasteiger partial charge in [0.05, 0.1) is 12.5 Å². The zero-order valence-electron chi connectivity index (χ0n) is 10.5. The molecule has 1 aliphatic heterocycles. The maximum Gasteiger partial charge on any atom is 0.217 e. The summed E-state index contributed by atoms with van der Waals surface area (Å²) in [5, 5.41) is 0. The summed E-state index contributed by atoms with van der Waals surface area (Å²) in [4.78, 5) is 6.67. The largest absolute Gasteiger partial charge is 0.477 e. The van der Waals surface area contributed by atoms with Gasteiger partial charge < -0.3 is 9.64 Å². The first-order chi connectivity index (χ1) is 8.70. The van der Waals surface area contributed by atoms with Gasteiger partial charge in [-0.1, -0.05) is 0 Å². The standard InChI is InChI=1S/C13H18BrClN2O/c1-17-5-2-3-12(17)4-6-18-13-10(8-15)7-11(14)9-16-13/h7,9,12H,2-6,8H2,1H3. The van der Waals surface area contributed by atoms with Crippen LogP contribution in [-0.4, -0.2) is 36.1 Å². The molecule has 2 heterocycles. The Morgan fingerprint density at radius 3 is 3.11 bits per heavy atom. The van der Waals surface area contributed by atoms with E-state index in [1.54, 1.807) is 6.20 Å². The molecule has 2 rings (SSSR count). The van der Waals surface area contributed by atoms with Gasteiger partial charge in [-0.2, -0.15) is 0 Å². The van der Waals surface area contributed by atoms with E-state index in [9.17, 15) is 0 Å². The molecule has 0 aliphatic carbocycles. The summed E-state index contributed by atoms with van der Waals surface area (Å²) in [6.07, 6.45) is 5.36. The number of rotatable bonds is 5. The van der Waals surface area contributed by atoms with E-state index in [4.69, 9.17) is 16.3 Å². The molecule has 0 N–H and O–H groups in total. The smallest absolute Gasteiger partial charge is 0.217 e. The Hall–Kier alpha value is -0.320. The molecule has 0 radical (unpaired) electrons. The molecule has 1 aromatic heterocycles. The number of hydrogen-bond acceptors (Lipinski definition) is 3. The Morgan fingerprint density at radius 1 is 1.61 bits per heavy atom. The predicted molar refractivity (Wildman–Crippen MR) is 77.3 cm³/mol. The monoisotopic (exact) mass is 332 g/mol. The van der Waals surface area contributed by atoms with Crippen molar-refractivity contribution in [2.75, 3.05) is 20.2 Å². The maximum atomic E-state index is 5.88. The molecule has 0 aromatic carbocycles. The summed E-state index contributed by atoms with van der Waals surface area (Å²) in [6.45, 7) is 1.90. The Balaban J connectivity index is 1.86. The molecule has 1 saturated heterocycles. The summed E-state index contributed by atoms with van der Waals surface area (Å²) in [7, 11) is 2.18. The van der Waals surface area contributed by atoms with Crippen molar-refractivity contribution in [3.8, 4) is 5.88 Å². The second-order valence-electron chi connectivity index (χ2n) is 4.67. The van der Waals surface area contributed by atoms with Gasteiger partial charge in [0.2, 0.25) is 5.88 Å². The van der Waals surface area contributed by atoms with Crippen LogP contribution >= 0.6 is 27.5 Å². The molecule has 0 saturated carbocycles. The molecule has 1 fully saturated rings. The number of hydrogen-bond donors (Lipinski definition) is 0. The van der Waals surface area contributed by atoms with Gasteiger partial charge in [0, 0.05) is 22.3 Å². The third-order valence-electron chi connectivity index (χ3n) is 3.40. The van der Waals surface area contributed by atoms with Crippen LogP contribution in [0.2, 0.25) is 0 Å². The van der Waals surface area contributed by atoms with E-state index in [-0.39, 0.29) is 0 Å². The molecule has 0 bridgehead atoms. The van der Waals surface area contributed by atoms with Crippen molar-refractivity contribution in [3.05, 3.63) is 22.3 Å². The first-order valence-electron chi connectivity index (χ1n) is 6.24. The van der Waals surface area contributed by atoms with Crippen LogP contribution in [-0.2, 0) is 5.88 Å². The fourth-order valence-corrected chi connectivity index (χ4v) is 2.90. The first kappa shape index (κ1) is 14.1. The van der Waals surface area contributed by atoms with Crippen LogP contribution in [0, 0.1) is 0 Å². The Morgan fingerprint density at radius 2 is 2.44 bits per heavy atom. The van der Waals surface area contributed by atoms with Crippen molar-refractivity contribution >= 4 is 27.5 Å². The molecular formula is C13H18BrClN2O. The lowest BCUT2D eigenvalue weighted by Crippen LogP contribution is -2.26. The minimum absolute atomic E-state index is 0.422. The van der Waals surface area contributed by atoms with Crippen LogP contribution < -0.4 is 4.74 Å². The number of ether oxygens (including phenoxy) is 1. The molecule has 1 aliphatic rings. The fraction of sp³-hybridized carbons (Fsp3) is 0.615. The van der Waals surface area contributed by atoms with Gasteiger partial charge in [0.25, 0.3) is 0 Å². The minimum Gasteiger partial charge on any atom is -0.477 e. The van der Waals surface area contributed by atoms with Crippen LogP contribution in [0.3, 0.4) is 0 Å². The third-order valence-corrected chi connectivity index (χ3v) is 4.12. The van der Waals surface area contributed by atoms with E-state index in [0.29, 0.717) is 24.4 Å². The van der Waals surface area contributed by atoms with Gasteiger partial charge in [-0.25, -0.2) is 4.98 Å². The van der Waals surface area contributed by atoms with Crippen molar-refractivity contribution in [2.24, 2.45) is 0 Å². The summed E-state index contributed by atoms with van der Waals surface area (Å²) in [6, 6.07) is 2.61. The summed E-state index contributed by atoms with van der Waals surface area (Å²) < 4.78 is 6.68. The van der Waals surface area contributed by atoms with Crippen molar-refractivity contribution in [1.82, 2.24) is 9.88 Å².